The molecule has 0 aliphatic carbocycles. The lowest BCUT2D eigenvalue weighted by atomic mass is 10.0. The van der Waals surface area contributed by atoms with Crippen molar-refractivity contribution in [2.75, 3.05) is 6.61 Å². The molecular formula is C20H21NO4. The molecule has 1 unspecified atom stereocenters. The van der Waals surface area contributed by atoms with Crippen molar-refractivity contribution in [1.29, 1.82) is 0 Å². The zero-order valence-corrected chi connectivity index (χ0v) is 14.3. The summed E-state index contributed by atoms with van der Waals surface area (Å²) in [6.07, 6.45) is 0.628. The van der Waals surface area contributed by atoms with E-state index in [1.54, 1.807) is 24.3 Å². The van der Waals surface area contributed by atoms with Crippen LogP contribution in [-0.2, 0) is 11.2 Å². The number of benzene rings is 2. The van der Waals surface area contributed by atoms with Crippen molar-refractivity contribution in [2.45, 2.75) is 32.7 Å². The van der Waals surface area contributed by atoms with Gasteiger partial charge in [-0.25, -0.2) is 4.79 Å². The second-order valence-corrected chi connectivity index (χ2v) is 6.32. The van der Waals surface area contributed by atoms with Gasteiger partial charge in [0.2, 0.25) is 5.91 Å². The molecule has 2 aromatic carbocycles. The molecule has 2 aromatic rings. The zero-order chi connectivity index (χ0) is 18.0. The smallest absolute Gasteiger partial charge is 0.335 e. The molecule has 130 valence electrons. The minimum atomic E-state index is -0.972. The topological polar surface area (TPSA) is 75.6 Å². The molecule has 0 saturated carbocycles. The summed E-state index contributed by atoms with van der Waals surface area (Å²) in [5, 5.41) is 12.2. The molecular weight excluding hydrogens is 318 g/mol. The second-order valence-electron chi connectivity index (χ2n) is 6.32. The van der Waals surface area contributed by atoms with Crippen molar-refractivity contribution >= 4 is 11.9 Å². The number of amides is 1. The summed E-state index contributed by atoms with van der Waals surface area (Å²) < 4.78 is 5.74. The Labute approximate surface area is 146 Å². The Kier molecular flexibility index (Phi) is 4.74. The van der Waals surface area contributed by atoms with Gasteiger partial charge in [-0.2, -0.15) is 0 Å². The van der Waals surface area contributed by atoms with Crippen molar-refractivity contribution < 1.29 is 19.4 Å². The first-order valence-corrected chi connectivity index (χ1v) is 8.31. The normalized spacial score (nSPS) is 15.4. The van der Waals surface area contributed by atoms with E-state index in [1.165, 1.54) is 0 Å². The van der Waals surface area contributed by atoms with Crippen LogP contribution in [-0.4, -0.2) is 23.6 Å². The molecule has 2 N–H and O–H groups in total. The molecule has 1 aliphatic rings. The monoisotopic (exact) mass is 339 g/mol. The van der Waals surface area contributed by atoms with Crippen molar-refractivity contribution in [3.05, 3.63) is 64.2 Å². The average molecular weight is 339 g/mol. The Hall–Kier alpha value is -2.82. The lowest BCUT2D eigenvalue weighted by Crippen LogP contribution is -2.29. The minimum Gasteiger partial charge on any atom is -0.490 e. The molecule has 3 rings (SSSR count). The van der Waals surface area contributed by atoms with E-state index in [1.807, 2.05) is 26.0 Å². The number of carboxylic acids is 1. The molecule has 0 spiro atoms. The Bertz CT molecular complexity index is 828. The molecule has 1 amide bonds. The Morgan fingerprint density at radius 1 is 1.20 bits per heavy atom. The summed E-state index contributed by atoms with van der Waals surface area (Å²) in [6, 6.07) is 10.6. The highest BCUT2D eigenvalue weighted by Gasteiger charge is 2.27. The predicted molar refractivity (Wildman–Crippen MR) is 94.0 cm³/mol. The van der Waals surface area contributed by atoms with Crippen LogP contribution in [0.1, 0.15) is 45.1 Å². The van der Waals surface area contributed by atoms with Crippen LogP contribution in [0.2, 0.25) is 0 Å². The third kappa shape index (κ3) is 3.50. The predicted octanol–water partition coefficient (Wildman–Crippen LogP) is 3.18. The first kappa shape index (κ1) is 17.0. The van der Waals surface area contributed by atoms with E-state index in [2.05, 4.69) is 5.32 Å². The molecule has 0 radical (unpaired) electrons. The highest BCUT2D eigenvalue weighted by molar-refractivity contribution is 5.89. The third-order valence-electron chi connectivity index (χ3n) is 4.68. The fourth-order valence-corrected chi connectivity index (χ4v) is 3.11. The Balaban J connectivity index is 1.64. The SMILES string of the molecule is Cc1ccc2c(c1C)OCC2NC(=O)CCc1ccccc1C(=O)O. The molecule has 1 atom stereocenters. The van der Waals surface area contributed by atoms with E-state index in [0.29, 0.717) is 18.6 Å². The van der Waals surface area contributed by atoms with Crippen LogP contribution in [0.4, 0.5) is 0 Å². The largest absolute Gasteiger partial charge is 0.490 e. The van der Waals surface area contributed by atoms with Crippen LogP contribution < -0.4 is 10.1 Å². The van der Waals surface area contributed by atoms with Crippen molar-refractivity contribution in [1.82, 2.24) is 5.32 Å². The summed E-state index contributed by atoms with van der Waals surface area (Å²) in [7, 11) is 0. The number of ether oxygens (including phenoxy) is 1. The number of aryl methyl sites for hydroxylation is 2. The van der Waals surface area contributed by atoms with E-state index in [-0.39, 0.29) is 23.9 Å². The van der Waals surface area contributed by atoms with Gasteiger partial charge in [0, 0.05) is 12.0 Å². The maximum atomic E-state index is 12.3. The number of fused-ring (bicyclic) bond motifs is 1. The van der Waals surface area contributed by atoms with E-state index in [0.717, 1.165) is 22.4 Å². The molecule has 1 aliphatic heterocycles. The van der Waals surface area contributed by atoms with Gasteiger partial charge in [0.1, 0.15) is 12.4 Å². The van der Waals surface area contributed by atoms with Crippen LogP contribution in [0, 0.1) is 13.8 Å². The van der Waals surface area contributed by atoms with Gasteiger partial charge >= 0.3 is 5.97 Å². The maximum Gasteiger partial charge on any atom is 0.335 e. The quantitative estimate of drug-likeness (QED) is 0.877. The van der Waals surface area contributed by atoms with Gasteiger partial charge in [0.05, 0.1) is 11.6 Å². The van der Waals surface area contributed by atoms with Gasteiger partial charge in [-0.3, -0.25) is 4.79 Å². The summed E-state index contributed by atoms with van der Waals surface area (Å²) in [5.74, 6) is -0.221. The van der Waals surface area contributed by atoms with Gasteiger partial charge in [-0.1, -0.05) is 30.3 Å². The molecule has 25 heavy (non-hydrogen) atoms. The summed E-state index contributed by atoms with van der Waals surface area (Å²) in [4.78, 5) is 23.5. The highest BCUT2D eigenvalue weighted by atomic mass is 16.5. The highest BCUT2D eigenvalue weighted by Crippen LogP contribution is 2.36. The number of aromatic carboxylic acids is 1. The lowest BCUT2D eigenvalue weighted by molar-refractivity contribution is -0.121. The van der Waals surface area contributed by atoms with E-state index >= 15 is 0 Å². The average Bonchev–Trinajstić information content (AvgIpc) is 3.00. The molecule has 0 fully saturated rings. The third-order valence-corrected chi connectivity index (χ3v) is 4.68. The first-order chi connectivity index (χ1) is 12.0. The first-order valence-electron chi connectivity index (χ1n) is 8.31. The van der Waals surface area contributed by atoms with Crippen LogP contribution >= 0.6 is 0 Å². The number of carbonyl (C=O) groups is 2. The van der Waals surface area contributed by atoms with E-state index in [9.17, 15) is 14.7 Å². The van der Waals surface area contributed by atoms with E-state index < -0.39 is 5.97 Å². The molecule has 1 heterocycles. The van der Waals surface area contributed by atoms with Crippen LogP contribution in [0.25, 0.3) is 0 Å². The number of rotatable bonds is 5. The standard InChI is InChI=1S/C20H21NO4/c1-12-7-9-16-17(11-25-19(16)13(12)2)21-18(22)10-8-14-5-3-4-6-15(14)20(23)24/h3-7,9,17H,8,10-11H2,1-2H3,(H,21,22)(H,23,24). The van der Waals surface area contributed by atoms with Gasteiger partial charge in [0.15, 0.2) is 0 Å². The number of hydrogen-bond donors (Lipinski definition) is 2. The zero-order valence-electron chi connectivity index (χ0n) is 14.3. The van der Waals surface area contributed by atoms with Gasteiger partial charge in [-0.15, -0.1) is 0 Å². The molecule has 5 nitrogen and oxygen atoms in total. The van der Waals surface area contributed by atoms with Crippen molar-refractivity contribution in [3.63, 3.8) is 0 Å². The second kappa shape index (κ2) is 6.97. The van der Waals surface area contributed by atoms with Crippen molar-refractivity contribution in [3.8, 4) is 5.75 Å². The van der Waals surface area contributed by atoms with Crippen LogP contribution in [0.3, 0.4) is 0 Å². The van der Waals surface area contributed by atoms with Crippen LogP contribution in [0.15, 0.2) is 36.4 Å². The van der Waals surface area contributed by atoms with Crippen molar-refractivity contribution in [2.24, 2.45) is 0 Å². The summed E-state index contributed by atoms with van der Waals surface area (Å²) in [5.41, 5.74) is 4.18. The fraction of sp³-hybridized carbons (Fsp3) is 0.300. The Morgan fingerprint density at radius 3 is 2.72 bits per heavy atom. The summed E-state index contributed by atoms with van der Waals surface area (Å²) in [6.45, 7) is 4.48. The number of nitrogens with one attached hydrogen (secondary N) is 1. The fourth-order valence-electron chi connectivity index (χ4n) is 3.11. The van der Waals surface area contributed by atoms with Gasteiger partial charge in [0.25, 0.3) is 0 Å². The lowest BCUT2D eigenvalue weighted by Gasteiger charge is -2.13. The number of carbonyl (C=O) groups excluding carboxylic acids is 1. The molecule has 0 aromatic heterocycles. The van der Waals surface area contributed by atoms with Gasteiger partial charge in [-0.05, 0) is 43.0 Å². The minimum absolute atomic E-state index is 0.111. The van der Waals surface area contributed by atoms with Crippen LogP contribution in [0.5, 0.6) is 5.75 Å². The number of carboxylic acid groups (broad SMARTS) is 1. The van der Waals surface area contributed by atoms with E-state index in [4.69, 9.17) is 4.74 Å². The van der Waals surface area contributed by atoms with Gasteiger partial charge < -0.3 is 15.2 Å². The molecule has 0 saturated heterocycles. The Morgan fingerprint density at radius 2 is 1.96 bits per heavy atom. The maximum absolute atomic E-state index is 12.3. The molecule has 0 bridgehead atoms. The number of hydrogen-bond acceptors (Lipinski definition) is 3. The molecule has 5 heteroatoms. The summed E-state index contributed by atoms with van der Waals surface area (Å²) >= 11 is 0.